The summed E-state index contributed by atoms with van der Waals surface area (Å²) >= 11 is 0. The molecule has 0 aromatic heterocycles. The summed E-state index contributed by atoms with van der Waals surface area (Å²) in [7, 11) is 0. The molecule has 1 N–H and O–H groups in total. The van der Waals surface area contributed by atoms with Crippen molar-refractivity contribution in [3.05, 3.63) is 35.9 Å². The van der Waals surface area contributed by atoms with Crippen LogP contribution in [0.5, 0.6) is 0 Å². The van der Waals surface area contributed by atoms with Crippen LogP contribution in [-0.4, -0.2) is 28.6 Å². The molecule has 2 nitrogen and oxygen atoms in total. The highest BCUT2D eigenvalue weighted by atomic mass is 16.3. The second-order valence-electron chi connectivity index (χ2n) is 5.58. The summed E-state index contributed by atoms with van der Waals surface area (Å²) in [5.74, 6) is 0. The molecule has 1 aliphatic rings. The second kappa shape index (κ2) is 6.35. The predicted octanol–water partition coefficient (Wildman–Crippen LogP) is 3.37. The maximum atomic E-state index is 10.2. The van der Waals surface area contributed by atoms with Gasteiger partial charge < -0.3 is 5.11 Å². The third-order valence-electron chi connectivity index (χ3n) is 4.22. The summed E-state index contributed by atoms with van der Waals surface area (Å²) in [6.07, 6.45) is 4.45. The second-order valence-corrected chi connectivity index (χ2v) is 5.58. The molecule has 100 valence electrons. The topological polar surface area (TPSA) is 23.5 Å². The van der Waals surface area contributed by atoms with Crippen LogP contribution in [0.15, 0.2) is 30.3 Å². The smallest absolute Gasteiger partial charge is 0.0802 e. The molecular formula is C16H25NO. The van der Waals surface area contributed by atoms with Gasteiger partial charge in [-0.3, -0.25) is 4.90 Å². The number of nitrogens with zero attached hydrogens (tertiary/aromatic N) is 1. The van der Waals surface area contributed by atoms with Gasteiger partial charge in [0.15, 0.2) is 0 Å². The Morgan fingerprint density at radius 1 is 1.17 bits per heavy atom. The molecule has 0 radical (unpaired) electrons. The van der Waals surface area contributed by atoms with Gasteiger partial charge in [-0.2, -0.15) is 0 Å². The molecule has 18 heavy (non-hydrogen) atoms. The van der Waals surface area contributed by atoms with Crippen molar-refractivity contribution >= 4 is 0 Å². The zero-order chi connectivity index (χ0) is 13.0. The van der Waals surface area contributed by atoms with E-state index in [1.165, 1.54) is 19.3 Å². The fraction of sp³-hybridized carbons (Fsp3) is 0.625. The van der Waals surface area contributed by atoms with Gasteiger partial charge in [-0.1, -0.05) is 36.8 Å². The average Bonchev–Trinajstić information content (AvgIpc) is 2.39. The normalized spacial score (nSPS) is 27.1. The Labute approximate surface area is 111 Å². The van der Waals surface area contributed by atoms with Gasteiger partial charge in [0, 0.05) is 18.6 Å². The summed E-state index contributed by atoms with van der Waals surface area (Å²) in [6, 6.07) is 11.3. The molecule has 1 heterocycles. The van der Waals surface area contributed by atoms with Crippen LogP contribution in [0.1, 0.15) is 51.2 Å². The van der Waals surface area contributed by atoms with Crippen molar-refractivity contribution in [2.75, 3.05) is 6.54 Å². The van der Waals surface area contributed by atoms with E-state index >= 15 is 0 Å². The van der Waals surface area contributed by atoms with E-state index in [1.807, 2.05) is 30.3 Å². The van der Waals surface area contributed by atoms with Crippen LogP contribution in [0, 0.1) is 0 Å². The van der Waals surface area contributed by atoms with E-state index in [2.05, 4.69) is 18.7 Å². The molecule has 0 saturated carbocycles. The lowest BCUT2D eigenvalue weighted by atomic mass is 9.96. The SMILES string of the molecule is C[C@@H]1CCC[C@H](C)N1CCC(O)c1ccccc1. The molecule has 1 aromatic rings. The van der Waals surface area contributed by atoms with Gasteiger partial charge in [-0.15, -0.1) is 0 Å². The van der Waals surface area contributed by atoms with Crippen LogP contribution in [0.2, 0.25) is 0 Å². The summed E-state index contributed by atoms with van der Waals surface area (Å²) in [4.78, 5) is 2.55. The average molecular weight is 247 g/mol. The van der Waals surface area contributed by atoms with Crippen molar-refractivity contribution in [3.8, 4) is 0 Å². The molecule has 1 aromatic carbocycles. The van der Waals surface area contributed by atoms with Crippen LogP contribution in [0.25, 0.3) is 0 Å². The largest absolute Gasteiger partial charge is 0.388 e. The molecule has 1 fully saturated rings. The first kappa shape index (κ1) is 13.6. The summed E-state index contributed by atoms with van der Waals surface area (Å²) in [5.41, 5.74) is 1.04. The molecule has 3 atom stereocenters. The number of piperidine rings is 1. The first-order valence-electron chi connectivity index (χ1n) is 7.17. The molecule has 2 heteroatoms. The van der Waals surface area contributed by atoms with Crippen molar-refractivity contribution in [1.29, 1.82) is 0 Å². The van der Waals surface area contributed by atoms with Crippen molar-refractivity contribution in [2.45, 2.75) is 57.7 Å². The zero-order valence-corrected chi connectivity index (χ0v) is 11.5. The minimum Gasteiger partial charge on any atom is -0.388 e. The van der Waals surface area contributed by atoms with Gasteiger partial charge in [0.2, 0.25) is 0 Å². The quantitative estimate of drug-likeness (QED) is 0.881. The fourth-order valence-corrected chi connectivity index (χ4v) is 3.03. The Hall–Kier alpha value is -0.860. The molecule has 1 unspecified atom stereocenters. The van der Waals surface area contributed by atoms with E-state index in [4.69, 9.17) is 0 Å². The lowest BCUT2D eigenvalue weighted by Crippen LogP contribution is -2.44. The zero-order valence-electron chi connectivity index (χ0n) is 11.5. The molecule has 0 aliphatic carbocycles. The summed E-state index contributed by atoms with van der Waals surface area (Å²) in [6.45, 7) is 5.62. The van der Waals surface area contributed by atoms with Crippen molar-refractivity contribution in [2.24, 2.45) is 0 Å². The van der Waals surface area contributed by atoms with Gasteiger partial charge in [-0.05, 0) is 38.7 Å². The van der Waals surface area contributed by atoms with E-state index in [-0.39, 0.29) is 6.10 Å². The van der Waals surface area contributed by atoms with Crippen molar-refractivity contribution in [1.82, 2.24) is 4.90 Å². The Balaban J connectivity index is 1.87. The molecule has 1 aliphatic heterocycles. The molecule has 0 amide bonds. The summed E-state index contributed by atoms with van der Waals surface area (Å²) < 4.78 is 0. The Kier molecular flexibility index (Phi) is 4.79. The molecular weight excluding hydrogens is 222 g/mol. The summed E-state index contributed by atoms with van der Waals surface area (Å²) in [5, 5.41) is 10.2. The first-order valence-corrected chi connectivity index (χ1v) is 7.17. The Morgan fingerprint density at radius 2 is 1.78 bits per heavy atom. The molecule has 0 bridgehead atoms. The Morgan fingerprint density at radius 3 is 2.39 bits per heavy atom. The van der Waals surface area contributed by atoms with Gasteiger partial charge >= 0.3 is 0 Å². The number of rotatable bonds is 4. The highest BCUT2D eigenvalue weighted by molar-refractivity contribution is 5.17. The Bertz CT molecular complexity index is 341. The number of aliphatic hydroxyl groups is 1. The number of hydrogen-bond acceptors (Lipinski definition) is 2. The standard InChI is InChI=1S/C16H25NO/c1-13-7-6-8-14(2)17(13)12-11-16(18)15-9-4-3-5-10-15/h3-5,9-10,13-14,16,18H,6-8,11-12H2,1-2H3/t13-,14+,16?. The third kappa shape index (κ3) is 3.33. The van der Waals surface area contributed by atoms with E-state index in [9.17, 15) is 5.11 Å². The fourth-order valence-electron chi connectivity index (χ4n) is 3.03. The highest BCUT2D eigenvalue weighted by Crippen LogP contribution is 2.24. The van der Waals surface area contributed by atoms with E-state index in [0.29, 0.717) is 12.1 Å². The van der Waals surface area contributed by atoms with Crippen molar-refractivity contribution < 1.29 is 5.11 Å². The minimum atomic E-state index is -0.326. The van der Waals surface area contributed by atoms with E-state index in [1.54, 1.807) is 0 Å². The van der Waals surface area contributed by atoms with Gasteiger partial charge in [-0.25, -0.2) is 0 Å². The minimum absolute atomic E-state index is 0.326. The monoisotopic (exact) mass is 247 g/mol. The van der Waals surface area contributed by atoms with Crippen LogP contribution >= 0.6 is 0 Å². The number of hydrogen-bond donors (Lipinski definition) is 1. The van der Waals surface area contributed by atoms with Gasteiger partial charge in [0.05, 0.1) is 6.10 Å². The van der Waals surface area contributed by atoms with Gasteiger partial charge in [0.1, 0.15) is 0 Å². The molecule has 2 rings (SSSR count). The number of benzene rings is 1. The third-order valence-corrected chi connectivity index (χ3v) is 4.22. The van der Waals surface area contributed by atoms with E-state index in [0.717, 1.165) is 18.5 Å². The van der Waals surface area contributed by atoms with Crippen LogP contribution in [0.3, 0.4) is 0 Å². The van der Waals surface area contributed by atoms with Crippen LogP contribution in [0.4, 0.5) is 0 Å². The van der Waals surface area contributed by atoms with Gasteiger partial charge in [0.25, 0.3) is 0 Å². The number of likely N-dealkylation sites (tertiary alicyclic amines) is 1. The lowest BCUT2D eigenvalue weighted by molar-refractivity contribution is 0.0748. The number of aliphatic hydroxyl groups excluding tert-OH is 1. The highest BCUT2D eigenvalue weighted by Gasteiger charge is 2.24. The van der Waals surface area contributed by atoms with Crippen LogP contribution in [-0.2, 0) is 0 Å². The molecule has 1 saturated heterocycles. The lowest BCUT2D eigenvalue weighted by Gasteiger charge is -2.39. The van der Waals surface area contributed by atoms with Crippen molar-refractivity contribution in [3.63, 3.8) is 0 Å². The maximum absolute atomic E-state index is 10.2. The van der Waals surface area contributed by atoms with E-state index < -0.39 is 0 Å². The maximum Gasteiger partial charge on any atom is 0.0802 e. The van der Waals surface area contributed by atoms with Crippen LogP contribution < -0.4 is 0 Å². The first-order chi connectivity index (χ1) is 8.68. The predicted molar refractivity (Wildman–Crippen MR) is 75.5 cm³/mol. The molecule has 0 spiro atoms.